The minimum absolute atomic E-state index is 0.0573. The predicted molar refractivity (Wildman–Crippen MR) is 77.6 cm³/mol. The maximum absolute atomic E-state index is 11.9. The van der Waals surface area contributed by atoms with Crippen molar-refractivity contribution in [3.05, 3.63) is 23.8 Å². The summed E-state index contributed by atoms with van der Waals surface area (Å²) in [4.78, 5) is 23.4. The van der Waals surface area contributed by atoms with E-state index < -0.39 is 0 Å². The van der Waals surface area contributed by atoms with E-state index in [-0.39, 0.29) is 18.4 Å². The molecule has 2 amide bonds. The lowest BCUT2D eigenvalue weighted by molar-refractivity contribution is -0.120. The fraction of sp³-hybridized carbons (Fsp3) is 0.429. The molecule has 0 unspecified atom stereocenters. The van der Waals surface area contributed by atoms with Gasteiger partial charge in [-0.15, -0.1) is 0 Å². The molecule has 20 heavy (non-hydrogen) atoms. The Morgan fingerprint density at radius 2 is 2.00 bits per heavy atom. The molecule has 0 atom stereocenters. The highest BCUT2D eigenvalue weighted by atomic mass is 16.5. The van der Waals surface area contributed by atoms with Crippen molar-refractivity contribution in [2.75, 3.05) is 25.9 Å². The molecule has 0 bridgehead atoms. The second-order valence-corrected chi connectivity index (χ2v) is 4.84. The van der Waals surface area contributed by atoms with Crippen LogP contribution < -0.4 is 21.1 Å². The van der Waals surface area contributed by atoms with Gasteiger partial charge in [-0.05, 0) is 24.1 Å². The van der Waals surface area contributed by atoms with E-state index >= 15 is 0 Å². The van der Waals surface area contributed by atoms with Gasteiger partial charge in [-0.3, -0.25) is 9.59 Å². The van der Waals surface area contributed by atoms with E-state index in [1.165, 1.54) is 13.2 Å². The minimum atomic E-state index is -0.344. The number of rotatable bonds is 6. The van der Waals surface area contributed by atoms with Gasteiger partial charge in [0.2, 0.25) is 5.91 Å². The zero-order valence-corrected chi connectivity index (χ0v) is 12.0. The van der Waals surface area contributed by atoms with Crippen LogP contribution in [0.15, 0.2) is 18.2 Å². The van der Waals surface area contributed by atoms with Crippen LogP contribution in [-0.4, -0.2) is 32.0 Å². The smallest absolute Gasteiger partial charge is 0.251 e. The standard InChI is InChI=1S/C14H21N3O3/c1-9(2)7-16-13(18)8-17-14(19)10-4-5-11(15)12(6-10)20-3/h4-6,9H,7-8,15H2,1-3H3,(H,16,18)(H,17,19). The lowest BCUT2D eigenvalue weighted by Gasteiger charge is -2.10. The fourth-order valence-corrected chi connectivity index (χ4v) is 1.50. The first-order valence-corrected chi connectivity index (χ1v) is 6.42. The van der Waals surface area contributed by atoms with Gasteiger partial charge in [0, 0.05) is 12.1 Å². The summed E-state index contributed by atoms with van der Waals surface area (Å²) in [5, 5.41) is 5.27. The molecule has 0 aliphatic carbocycles. The average Bonchev–Trinajstić information content (AvgIpc) is 2.42. The van der Waals surface area contributed by atoms with Crippen molar-refractivity contribution in [2.45, 2.75) is 13.8 Å². The third kappa shape index (κ3) is 4.79. The van der Waals surface area contributed by atoms with E-state index in [1.807, 2.05) is 13.8 Å². The topological polar surface area (TPSA) is 93.4 Å². The number of benzene rings is 1. The molecule has 0 aliphatic heterocycles. The molecule has 6 nitrogen and oxygen atoms in total. The van der Waals surface area contributed by atoms with Gasteiger partial charge < -0.3 is 21.1 Å². The van der Waals surface area contributed by atoms with Gasteiger partial charge in [0.25, 0.3) is 5.91 Å². The first kappa shape index (κ1) is 15.8. The van der Waals surface area contributed by atoms with E-state index in [9.17, 15) is 9.59 Å². The van der Waals surface area contributed by atoms with Gasteiger partial charge in [0.05, 0.1) is 19.3 Å². The summed E-state index contributed by atoms with van der Waals surface area (Å²) in [6, 6.07) is 4.71. The Kier molecular flexibility index (Phi) is 5.83. The normalized spacial score (nSPS) is 10.2. The molecule has 0 saturated carbocycles. The van der Waals surface area contributed by atoms with Crippen LogP contribution in [0.1, 0.15) is 24.2 Å². The van der Waals surface area contributed by atoms with E-state index in [2.05, 4.69) is 10.6 Å². The van der Waals surface area contributed by atoms with Crippen molar-refractivity contribution in [3.8, 4) is 5.75 Å². The summed E-state index contributed by atoms with van der Waals surface area (Å²) in [5.41, 5.74) is 6.52. The number of nitrogen functional groups attached to an aromatic ring is 1. The molecule has 0 fully saturated rings. The van der Waals surface area contributed by atoms with Crippen molar-refractivity contribution in [1.82, 2.24) is 10.6 Å². The number of ether oxygens (including phenoxy) is 1. The molecule has 110 valence electrons. The Hall–Kier alpha value is -2.24. The van der Waals surface area contributed by atoms with Crippen LogP contribution in [0.25, 0.3) is 0 Å². The minimum Gasteiger partial charge on any atom is -0.495 e. The quantitative estimate of drug-likeness (QED) is 0.671. The van der Waals surface area contributed by atoms with Gasteiger partial charge >= 0.3 is 0 Å². The van der Waals surface area contributed by atoms with Gasteiger partial charge in [0.1, 0.15) is 5.75 Å². The van der Waals surface area contributed by atoms with Gasteiger partial charge in [-0.2, -0.15) is 0 Å². The molecule has 0 aromatic heterocycles. The van der Waals surface area contributed by atoms with Crippen LogP contribution in [0.3, 0.4) is 0 Å². The van der Waals surface area contributed by atoms with Gasteiger partial charge in [-0.1, -0.05) is 13.8 Å². The highest BCUT2D eigenvalue weighted by Crippen LogP contribution is 2.21. The van der Waals surface area contributed by atoms with Gasteiger partial charge in [-0.25, -0.2) is 0 Å². The van der Waals surface area contributed by atoms with Crippen LogP contribution in [-0.2, 0) is 4.79 Å². The van der Waals surface area contributed by atoms with E-state index in [0.717, 1.165) is 0 Å². The van der Waals surface area contributed by atoms with Crippen molar-refractivity contribution >= 4 is 17.5 Å². The molecular formula is C14H21N3O3. The zero-order valence-electron chi connectivity index (χ0n) is 12.0. The number of methoxy groups -OCH3 is 1. The maximum Gasteiger partial charge on any atom is 0.251 e. The average molecular weight is 279 g/mol. The molecule has 1 aromatic rings. The summed E-state index contributed by atoms with van der Waals surface area (Å²) < 4.78 is 5.04. The molecule has 0 spiro atoms. The third-order valence-electron chi connectivity index (χ3n) is 2.61. The first-order valence-electron chi connectivity index (χ1n) is 6.42. The summed E-state index contributed by atoms with van der Waals surface area (Å²) >= 11 is 0. The van der Waals surface area contributed by atoms with Crippen molar-refractivity contribution in [1.29, 1.82) is 0 Å². The SMILES string of the molecule is COc1cc(C(=O)NCC(=O)NCC(C)C)ccc1N. The summed E-state index contributed by atoms with van der Waals surface area (Å²) in [6.07, 6.45) is 0. The van der Waals surface area contributed by atoms with Crippen molar-refractivity contribution in [3.63, 3.8) is 0 Å². The maximum atomic E-state index is 11.9. The number of anilines is 1. The molecule has 6 heteroatoms. The molecule has 1 rings (SSSR count). The number of carbonyl (C=O) groups is 2. The largest absolute Gasteiger partial charge is 0.495 e. The molecule has 4 N–H and O–H groups in total. The number of amides is 2. The third-order valence-corrected chi connectivity index (χ3v) is 2.61. The molecular weight excluding hydrogens is 258 g/mol. The number of nitrogens with two attached hydrogens (primary N) is 1. The van der Waals surface area contributed by atoms with Crippen LogP contribution in [0.4, 0.5) is 5.69 Å². The van der Waals surface area contributed by atoms with Crippen LogP contribution in [0.5, 0.6) is 5.75 Å². The Morgan fingerprint density at radius 1 is 1.30 bits per heavy atom. The summed E-state index contributed by atoms with van der Waals surface area (Å²) in [5.74, 6) is 0.246. The second kappa shape index (κ2) is 7.37. The van der Waals surface area contributed by atoms with Crippen LogP contribution in [0.2, 0.25) is 0 Å². The zero-order chi connectivity index (χ0) is 15.1. The lowest BCUT2D eigenvalue weighted by Crippen LogP contribution is -2.38. The van der Waals surface area contributed by atoms with Crippen LogP contribution >= 0.6 is 0 Å². The Balaban J connectivity index is 2.52. The summed E-state index contributed by atoms with van der Waals surface area (Å²) in [7, 11) is 1.48. The highest BCUT2D eigenvalue weighted by molar-refractivity contribution is 5.97. The van der Waals surface area contributed by atoms with Crippen molar-refractivity contribution in [2.24, 2.45) is 5.92 Å². The van der Waals surface area contributed by atoms with Crippen molar-refractivity contribution < 1.29 is 14.3 Å². The Labute approximate surface area is 118 Å². The van der Waals surface area contributed by atoms with Crippen LogP contribution in [0, 0.1) is 5.92 Å². The Morgan fingerprint density at radius 3 is 2.60 bits per heavy atom. The van der Waals surface area contributed by atoms with E-state index in [0.29, 0.717) is 29.5 Å². The Bertz CT molecular complexity index is 487. The molecule has 0 heterocycles. The number of hydrogen-bond acceptors (Lipinski definition) is 4. The molecule has 1 aromatic carbocycles. The summed E-state index contributed by atoms with van der Waals surface area (Å²) in [6.45, 7) is 4.53. The van der Waals surface area contributed by atoms with E-state index in [1.54, 1.807) is 12.1 Å². The monoisotopic (exact) mass is 279 g/mol. The molecule has 0 radical (unpaired) electrons. The molecule has 0 saturated heterocycles. The van der Waals surface area contributed by atoms with Gasteiger partial charge in [0.15, 0.2) is 0 Å². The lowest BCUT2D eigenvalue weighted by atomic mass is 10.2. The number of carbonyl (C=O) groups excluding carboxylic acids is 2. The number of hydrogen-bond donors (Lipinski definition) is 3. The number of nitrogens with one attached hydrogen (secondary N) is 2. The van der Waals surface area contributed by atoms with E-state index in [4.69, 9.17) is 10.5 Å². The highest BCUT2D eigenvalue weighted by Gasteiger charge is 2.10. The predicted octanol–water partition coefficient (Wildman–Crippen LogP) is 0.779. The fourth-order valence-electron chi connectivity index (χ4n) is 1.50. The second-order valence-electron chi connectivity index (χ2n) is 4.84. The first-order chi connectivity index (χ1) is 9.43. The molecule has 0 aliphatic rings.